The van der Waals surface area contributed by atoms with E-state index in [9.17, 15) is 19.2 Å². The smallest absolute Gasteiger partial charge is 0.327 e. The molecule has 164 valence electrons. The number of benzene rings is 1. The lowest BCUT2D eigenvalue weighted by Gasteiger charge is -2.22. The third-order valence-corrected chi connectivity index (χ3v) is 4.89. The van der Waals surface area contributed by atoms with Crippen LogP contribution >= 0.6 is 0 Å². The number of carbonyl (C=O) groups is 4. The molecule has 2 rings (SSSR count). The van der Waals surface area contributed by atoms with Crippen LogP contribution in [0.4, 0.5) is 10.5 Å². The molecule has 1 aromatic carbocycles. The van der Waals surface area contributed by atoms with Crippen LogP contribution in [0.5, 0.6) is 5.75 Å². The standard InChI is InChI=1S/C21H29N3O6/c1-13(2)10-11-21(4)19(27)24(20(28)23-21)12-17(25)30-14(3)18(26)22-15-6-8-16(29-5)9-7-15/h6-9,13-14H,10-12H2,1-5H3,(H,22,26)(H,23,28)/t14-,21+/m0/s1. The van der Waals surface area contributed by atoms with Gasteiger partial charge in [0.05, 0.1) is 7.11 Å². The second kappa shape index (κ2) is 9.60. The van der Waals surface area contributed by atoms with Crippen LogP contribution in [0.25, 0.3) is 0 Å². The van der Waals surface area contributed by atoms with Crippen LogP contribution in [0, 0.1) is 5.92 Å². The van der Waals surface area contributed by atoms with Crippen LogP contribution in [0.1, 0.15) is 40.5 Å². The Morgan fingerprint density at radius 3 is 2.37 bits per heavy atom. The first-order valence-corrected chi connectivity index (χ1v) is 9.84. The molecule has 0 radical (unpaired) electrons. The van der Waals surface area contributed by atoms with Crippen molar-refractivity contribution in [3.05, 3.63) is 24.3 Å². The molecule has 0 unspecified atom stereocenters. The van der Waals surface area contributed by atoms with Gasteiger partial charge in [0.2, 0.25) is 0 Å². The number of urea groups is 1. The molecule has 1 saturated heterocycles. The average molecular weight is 419 g/mol. The highest BCUT2D eigenvalue weighted by Crippen LogP contribution is 2.24. The van der Waals surface area contributed by atoms with E-state index >= 15 is 0 Å². The molecule has 2 atom stereocenters. The summed E-state index contributed by atoms with van der Waals surface area (Å²) in [5.74, 6) is -0.839. The number of amides is 4. The zero-order valence-corrected chi connectivity index (χ0v) is 18.0. The fourth-order valence-corrected chi connectivity index (χ4v) is 2.97. The molecule has 0 aliphatic carbocycles. The molecule has 0 spiro atoms. The van der Waals surface area contributed by atoms with Crippen LogP contribution in [0.2, 0.25) is 0 Å². The minimum atomic E-state index is -1.10. The van der Waals surface area contributed by atoms with Crippen LogP contribution in [-0.4, -0.2) is 54.0 Å². The van der Waals surface area contributed by atoms with Crippen molar-refractivity contribution in [3.63, 3.8) is 0 Å². The summed E-state index contributed by atoms with van der Waals surface area (Å²) >= 11 is 0. The van der Waals surface area contributed by atoms with Gasteiger partial charge in [-0.2, -0.15) is 0 Å². The zero-order chi connectivity index (χ0) is 22.5. The molecule has 0 bridgehead atoms. The van der Waals surface area contributed by atoms with E-state index in [2.05, 4.69) is 10.6 Å². The second-order valence-corrected chi connectivity index (χ2v) is 7.94. The van der Waals surface area contributed by atoms with Crippen LogP contribution in [0.15, 0.2) is 24.3 Å². The van der Waals surface area contributed by atoms with E-state index in [-0.39, 0.29) is 0 Å². The van der Waals surface area contributed by atoms with Gasteiger partial charge in [0.1, 0.15) is 17.8 Å². The number of nitrogens with zero attached hydrogens (tertiary/aromatic N) is 1. The maximum atomic E-state index is 12.6. The van der Waals surface area contributed by atoms with Gasteiger partial charge in [0.25, 0.3) is 11.8 Å². The summed E-state index contributed by atoms with van der Waals surface area (Å²) in [6, 6.07) is 6.02. The van der Waals surface area contributed by atoms with Crippen molar-refractivity contribution in [2.45, 2.75) is 52.2 Å². The van der Waals surface area contributed by atoms with E-state index in [4.69, 9.17) is 9.47 Å². The lowest BCUT2D eigenvalue weighted by Crippen LogP contribution is -2.44. The number of nitrogens with one attached hydrogen (secondary N) is 2. The number of esters is 1. The van der Waals surface area contributed by atoms with E-state index in [1.165, 1.54) is 14.0 Å². The Labute approximate surface area is 176 Å². The van der Waals surface area contributed by atoms with E-state index in [1.807, 2.05) is 13.8 Å². The second-order valence-electron chi connectivity index (χ2n) is 7.94. The predicted octanol–water partition coefficient (Wildman–Crippen LogP) is 2.31. The summed E-state index contributed by atoms with van der Waals surface area (Å²) in [7, 11) is 1.54. The Bertz CT molecular complexity index is 807. The van der Waals surface area contributed by atoms with Gasteiger partial charge in [-0.3, -0.25) is 19.3 Å². The topological polar surface area (TPSA) is 114 Å². The number of hydrogen-bond acceptors (Lipinski definition) is 6. The average Bonchev–Trinajstić information content (AvgIpc) is 2.90. The highest BCUT2D eigenvalue weighted by Gasteiger charge is 2.48. The minimum Gasteiger partial charge on any atom is -0.497 e. The van der Waals surface area contributed by atoms with Gasteiger partial charge in [-0.25, -0.2) is 4.79 Å². The van der Waals surface area contributed by atoms with Crippen LogP contribution < -0.4 is 15.4 Å². The van der Waals surface area contributed by atoms with Gasteiger partial charge in [-0.05, 0) is 56.9 Å². The van der Waals surface area contributed by atoms with E-state index < -0.39 is 42.0 Å². The molecule has 1 aromatic rings. The Balaban J connectivity index is 1.90. The van der Waals surface area contributed by atoms with Gasteiger partial charge < -0.3 is 20.1 Å². The van der Waals surface area contributed by atoms with Gasteiger partial charge in [0, 0.05) is 5.69 Å². The number of rotatable bonds is 9. The maximum Gasteiger partial charge on any atom is 0.327 e. The number of hydrogen-bond donors (Lipinski definition) is 2. The van der Waals surface area contributed by atoms with Crippen molar-refractivity contribution in [1.82, 2.24) is 10.2 Å². The quantitative estimate of drug-likeness (QED) is 0.469. The van der Waals surface area contributed by atoms with E-state index in [0.29, 0.717) is 23.8 Å². The summed E-state index contributed by atoms with van der Waals surface area (Å²) in [6.45, 7) is 6.56. The molecule has 1 heterocycles. The van der Waals surface area contributed by atoms with Crippen molar-refractivity contribution in [3.8, 4) is 5.75 Å². The van der Waals surface area contributed by atoms with Gasteiger partial charge in [-0.1, -0.05) is 13.8 Å². The third-order valence-electron chi connectivity index (χ3n) is 4.89. The SMILES string of the molecule is COc1ccc(NC(=O)[C@H](C)OC(=O)CN2C(=O)N[C@](C)(CCC(C)C)C2=O)cc1. The molecule has 1 aliphatic heterocycles. The van der Waals surface area contributed by atoms with Gasteiger partial charge >= 0.3 is 12.0 Å². The Morgan fingerprint density at radius 1 is 1.17 bits per heavy atom. The number of ether oxygens (including phenoxy) is 2. The highest BCUT2D eigenvalue weighted by atomic mass is 16.5. The summed E-state index contributed by atoms with van der Waals surface area (Å²) in [5, 5.41) is 5.27. The molecule has 2 N–H and O–H groups in total. The number of anilines is 1. The van der Waals surface area contributed by atoms with Gasteiger partial charge in [-0.15, -0.1) is 0 Å². The number of methoxy groups -OCH3 is 1. The monoisotopic (exact) mass is 419 g/mol. The fraction of sp³-hybridized carbons (Fsp3) is 0.524. The molecule has 4 amide bonds. The molecule has 1 fully saturated rings. The van der Waals surface area contributed by atoms with Crippen molar-refractivity contribution in [1.29, 1.82) is 0 Å². The highest BCUT2D eigenvalue weighted by molar-refractivity contribution is 6.08. The first kappa shape index (κ1) is 23.2. The lowest BCUT2D eigenvalue weighted by atomic mass is 9.92. The lowest BCUT2D eigenvalue weighted by molar-refractivity contribution is -0.155. The Morgan fingerprint density at radius 2 is 1.80 bits per heavy atom. The third kappa shape index (κ3) is 5.71. The van der Waals surface area contributed by atoms with Crippen LogP contribution in [0.3, 0.4) is 0 Å². The van der Waals surface area contributed by atoms with Crippen molar-refractivity contribution in [2.75, 3.05) is 19.0 Å². The maximum absolute atomic E-state index is 12.6. The molecule has 0 saturated carbocycles. The predicted molar refractivity (Wildman–Crippen MR) is 110 cm³/mol. The Hall–Kier alpha value is -3.10. The molecule has 30 heavy (non-hydrogen) atoms. The molecular weight excluding hydrogens is 390 g/mol. The summed E-state index contributed by atoms with van der Waals surface area (Å²) in [4.78, 5) is 50.1. The largest absolute Gasteiger partial charge is 0.497 e. The normalized spacial score (nSPS) is 19.5. The Kier molecular flexibility index (Phi) is 7.42. The van der Waals surface area contributed by atoms with Crippen molar-refractivity contribution in [2.24, 2.45) is 5.92 Å². The molecule has 9 nitrogen and oxygen atoms in total. The first-order valence-electron chi connectivity index (χ1n) is 9.84. The van der Waals surface area contributed by atoms with Crippen LogP contribution in [-0.2, 0) is 19.1 Å². The molecular formula is C21H29N3O6. The minimum absolute atomic E-state index is 0.371. The van der Waals surface area contributed by atoms with E-state index in [0.717, 1.165) is 11.3 Å². The summed E-state index contributed by atoms with van der Waals surface area (Å²) < 4.78 is 10.2. The molecule has 1 aliphatic rings. The zero-order valence-electron chi connectivity index (χ0n) is 18.0. The molecule has 9 heteroatoms. The first-order chi connectivity index (χ1) is 14.1. The summed E-state index contributed by atoms with van der Waals surface area (Å²) in [5.41, 5.74) is -0.530. The number of imide groups is 1. The van der Waals surface area contributed by atoms with Gasteiger partial charge in [0.15, 0.2) is 6.10 Å². The van der Waals surface area contributed by atoms with E-state index in [1.54, 1.807) is 31.2 Å². The fourth-order valence-electron chi connectivity index (χ4n) is 2.97. The van der Waals surface area contributed by atoms with Crippen molar-refractivity contribution >= 4 is 29.5 Å². The number of carbonyl (C=O) groups excluding carboxylic acids is 4. The summed E-state index contributed by atoms with van der Waals surface area (Å²) in [6.07, 6.45) is 0.123. The molecule has 0 aromatic heterocycles. The van der Waals surface area contributed by atoms with Crippen molar-refractivity contribution < 1.29 is 28.7 Å².